The second-order valence-corrected chi connectivity index (χ2v) is 5.00. The summed E-state index contributed by atoms with van der Waals surface area (Å²) in [5.41, 5.74) is 1.61. The summed E-state index contributed by atoms with van der Waals surface area (Å²) in [7, 11) is 0. The summed E-state index contributed by atoms with van der Waals surface area (Å²) in [5.74, 6) is 0.554. The van der Waals surface area contributed by atoms with Crippen molar-refractivity contribution in [3.63, 3.8) is 0 Å². The quantitative estimate of drug-likeness (QED) is 0.681. The summed E-state index contributed by atoms with van der Waals surface area (Å²) in [5, 5.41) is 0.810. The molecule has 0 aliphatic rings. The van der Waals surface area contributed by atoms with Crippen LogP contribution < -0.4 is 4.74 Å². The normalized spacial score (nSPS) is 10.5. The van der Waals surface area contributed by atoms with Crippen LogP contribution in [0.25, 0.3) is 0 Å². The first-order valence-electron chi connectivity index (χ1n) is 5.51. The van der Waals surface area contributed by atoms with Gasteiger partial charge in [0.25, 0.3) is 0 Å². The molecule has 0 aromatic heterocycles. The number of hydrogen-bond donors (Lipinski definition) is 0. The Kier molecular flexibility index (Phi) is 4.92. The maximum atomic E-state index is 12.9. The summed E-state index contributed by atoms with van der Waals surface area (Å²) < 4.78 is 18.5. The Morgan fingerprint density at radius 2 is 1.79 bits per heavy atom. The second-order valence-electron chi connectivity index (χ2n) is 3.92. The van der Waals surface area contributed by atoms with E-state index in [2.05, 4.69) is 0 Å². The van der Waals surface area contributed by atoms with Gasteiger partial charge in [-0.1, -0.05) is 35.3 Å². The second kappa shape index (κ2) is 6.47. The zero-order valence-corrected chi connectivity index (χ0v) is 12.1. The van der Waals surface area contributed by atoms with Gasteiger partial charge in [0.15, 0.2) is 0 Å². The van der Waals surface area contributed by atoms with E-state index in [0.29, 0.717) is 27.2 Å². The van der Waals surface area contributed by atoms with Gasteiger partial charge in [-0.3, -0.25) is 0 Å². The van der Waals surface area contributed by atoms with Crippen molar-refractivity contribution in [2.45, 2.75) is 12.5 Å². The standard InChI is InChI=1S/C14H10Cl3FO/c15-7-9-1-4-14(13(17)5-9)19-8-10-2-3-11(18)6-12(10)16/h1-6H,7-8H2. The van der Waals surface area contributed by atoms with E-state index < -0.39 is 0 Å². The molecule has 5 heteroatoms. The predicted octanol–water partition coefficient (Wildman–Crippen LogP) is 5.45. The number of halogens is 4. The summed E-state index contributed by atoms with van der Waals surface area (Å²) in [6.45, 7) is 0.221. The number of alkyl halides is 1. The third kappa shape index (κ3) is 3.75. The maximum absolute atomic E-state index is 12.9. The molecule has 0 bridgehead atoms. The van der Waals surface area contributed by atoms with Gasteiger partial charge in [-0.15, -0.1) is 11.6 Å². The fourth-order valence-electron chi connectivity index (χ4n) is 1.54. The zero-order chi connectivity index (χ0) is 13.8. The molecule has 0 radical (unpaired) electrons. The minimum absolute atomic E-state index is 0.221. The van der Waals surface area contributed by atoms with Crippen LogP contribution >= 0.6 is 34.8 Å². The summed E-state index contributed by atoms with van der Waals surface area (Å²) in [4.78, 5) is 0. The lowest BCUT2D eigenvalue weighted by molar-refractivity contribution is 0.306. The molecule has 2 rings (SSSR count). The Morgan fingerprint density at radius 1 is 1.00 bits per heavy atom. The van der Waals surface area contributed by atoms with Crippen LogP contribution in [0.5, 0.6) is 5.75 Å². The minimum atomic E-state index is -0.377. The fourth-order valence-corrected chi connectivity index (χ4v) is 2.18. The Labute approximate surface area is 125 Å². The topological polar surface area (TPSA) is 9.23 Å². The SMILES string of the molecule is Fc1ccc(COc2ccc(CCl)cc2Cl)c(Cl)c1. The maximum Gasteiger partial charge on any atom is 0.138 e. The highest BCUT2D eigenvalue weighted by Crippen LogP contribution is 2.28. The Balaban J connectivity index is 2.10. The van der Waals surface area contributed by atoms with Crippen molar-refractivity contribution in [3.8, 4) is 5.75 Å². The molecule has 0 spiro atoms. The van der Waals surface area contributed by atoms with Crippen LogP contribution in [0.15, 0.2) is 36.4 Å². The molecule has 0 aliphatic heterocycles. The Morgan fingerprint density at radius 3 is 2.42 bits per heavy atom. The molecule has 0 saturated heterocycles. The van der Waals surface area contributed by atoms with Crippen LogP contribution in [0.2, 0.25) is 10.0 Å². The van der Waals surface area contributed by atoms with Crippen molar-refractivity contribution in [1.82, 2.24) is 0 Å². The summed E-state index contributed by atoms with van der Waals surface area (Å²) in [6.07, 6.45) is 0. The third-order valence-electron chi connectivity index (χ3n) is 2.55. The van der Waals surface area contributed by atoms with E-state index in [0.717, 1.165) is 5.56 Å². The molecule has 0 fully saturated rings. The van der Waals surface area contributed by atoms with Crippen molar-refractivity contribution in [2.75, 3.05) is 0 Å². The predicted molar refractivity (Wildman–Crippen MR) is 76.8 cm³/mol. The van der Waals surface area contributed by atoms with Crippen LogP contribution in [0.1, 0.15) is 11.1 Å². The van der Waals surface area contributed by atoms with E-state index in [1.54, 1.807) is 18.2 Å². The van der Waals surface area contributed by atoms with E-state index >= 15 is 0 Å². The average Bonchev–Trinajstić information content (AvgIpc) is 2.39. The Bertz CT molecular complexity index is 587. The first-order valence-corrected chi connectivity index (χ1v) is 6.80. The van der Waals surface area contributed by atoms with Gasteiger partial charge >= 0.3 is 0 Å². The van der Waals surface area contributed by atoms with Gasteiger partial charge in [-0.2, -0.15) is 0 Å². The van der Waals surface area contributed by atoms with Crippen molar-refractivity contribution in [1.29, 1.82) is 0 Å². The number of rotatable bonds is 4. The van der Waals surface area contributed by atoms with Crippen molar-refractivity contribution >= 4 is 34.8 Å². The number of benzene rings is 2. The molecule has 2 aromatic rings. The first kappa shape index (κ1) is 14.4. The number of ether oxygens (including phenoxy) is 1. The van der Waals surface area contributed by atoms with E-state index in [4.69, 9.17) is 39.5 Å². The highest BCUT2D eigenvalue weighted by atomic mass is 35.5. The van der Waals surface area contributed by atoms with Crippen LogP contribution in [0.3, 0.4) is 0 Å². The van der Waals surface area contributed by atoms with Crippen molar-refractivity contribution in [3.05, 3.63) is 63.4 Å². The molecule has 0 unspecified atom stereocenters. The van der Waals surface area contributed by atoms with Crippen LogP contribution in [0.4, 0.5) is 4.39 Å². The lowest BCUT2D eigenvalue weighted by Crippen LogP contribution is -1.97. The smallest absolute Gasteiger partial charge is 0.138 e. The van der Waals surface area contributed by atoms with Gasteiger partial charge in [0.1, 0.15) is 18.2 Å². The molecule has 100 valence electrons. The highest BCUT2D eigenvalue weighted by Gasteiger charge is 2.06. The summed E-state index contributed by atoms with van der Waals surface area (Å²) >= 11 is 17.7. The fraction of sp³-hybridized carbons (Fsp3) is 0.143. The van der Waals surface area contributed by atoms with Gasteiger partial charge in [0, 0.05) is 11.4 Å². The highest BCUT2D eigenvalue weighted by molar-refractivity contribution is 6.32. The number of hydrogen-bond acceptors (Lipinski definition) is 1. The van der Waals surface area contributed by atoms with Crippen molar-refractivity contribution < 1.29 is 9.13 Å². The molecule has 19 heavy (non-hydrogen) atoms. The molecule has 0 atom stereocenters. The molecular formula is C14H10Cl3FO. The van der Waals surface area contributed by atoms with Gasteiger partial charge < -0.3 is 4.74 Å². The van der Waals surface area contributed by atoms with Crippen molar-refractivity contribution in [2.24, 2.45) is 0 Å². The average molecular weight is 320 g/mol. The zero-order valence-electron chi connectivity index (χ0n) is 9.80. The van der Waals surface area contributed by atoms with Crippen LogP contribution in [-0.2, 0) is 12.5 Å². The molecule has 0 amide bonds. The monoisotopic (exact) mass is 318 g/mol. The molecule has 0 N–H and O–H groups in total. The third-order valence-corrected chi connectivity index (χ3v) is 3.50. The Hall–Kier alpha value is -0.960. The molecule has 0 heterocycles. The van der Waals surface area contributed by atoms with E-state index in [9.17, 15) is 4.39 Å². The van der Waals surface area contributed by atoms with Gasteiger partial charge in [0.05, 0.1) is 10.0 Å². The van der Waals surface area contributed by atoms with E-state index in [1.165, 1.54) is 12.1 Å². The molecular weight excluding hydrogens is 310 g/mol. The molecule has 1 nitrogen and oxygen atoms in total. The van der Waals surface area contributed by atoms with Crippen LogP contribution in [0, 0.1) is 5.82 Å². The first-order chi connectivity index (χ1) is 9.10. The van der Waals surface area contributed by atoms with Gasteiger partial charge in [0.2, 0.25) is 0 Å². The van der Waals surface area contributed by atoms with Crippen LogP contribution in [-0.4, -0.2) is 0 Å². The van der Waals surface area contributed by atoms with Gasteiger partial charge in [-0.05, 0) is 29.8 Å². The molecule has 0 saturated carbocycles. The lowest BCUT2D eigenvalue weighted by atomic mass is 10.2. The summed E-state index contributed by atoms with van der Waals surface area (Å²) in [6, 6.07) is 9.49. The minimum Gasteiger partial charge on any atom is -0.487 e. The largest absolute Gasteiger partial charge is 0.487 e. The molecule has 2 aromatic carbocycles. The van der Waals surface area contributed by atoms with Gasteiger partial charge in [-0.25, -0.2) is 4.39 Å². The lowest BCUT2D eigenvalue weighted by Gasteiger charge is -2.10. The van der Waals surface area contributed by atoms with E-state index in [-0.39, 0.29) is 12.4 Å². The molecule has 0 aliphatic carbocycles. The van der Waals surface area contributed by atoms with E-state index in [1.807, 2.05) is 6.07 Å².